The lowest BCUT2D eigenvalue weighted by Crippen LogP contribution is -2.46. The van der Waals surface area contributed by atoms with Gasteiger partial charge < -0.3 is 9.64 Å². The molecule has 4 aromatic carbocycles. The Hall–Kier alpha value is -3.98. The summed E-state index contributed by atoms with van der Waals surface area (Å²) in [6.07, 6.45) is 0.412. The molecule has 0 spiro atoms. The fourth-order valence-electron chi connectivity index (χ4n) is 5.68. The van der Waals surface area contributed by atoms with Gasteiger partial charge in [-0.1, -0.05) is 54.6 Å². The highest BCUT2D eigenvalue weighted by atomic mass is 19.2. The zero-order valence-corrected chi connectivity index (χ0v) is 19.2. The molecule has 37 heavy (non-hydrogen) atoms. The van der Waals surface area contributed by atoms with Crippen molar-refractivity contribution in [2.24, 2.45) is 5.10 Å². The molecule has 1 saturated heterocycles. The molecule has 0 N–H and O–H groups in total. The Balaban J connectivity index is 1.28. The van der Waals surface area contributed by atoms with E-state index in [-0.39, 0.29) is 25.4 Å². The second kappa shape index (κ2) is 8.01. The molecule has 0 bridgehead atoms. The number of halogens is 5. The molecule has 0 saturated carbocycles. The molecule has 0 amide bonds. The maximum absolute atomic E-state index is 14.5. The normalized spacial score (nSPS) is 20.2. The molecule has 1 fully saturated rings. The number of nitrogens with zero attached hydrogens (tertiary/aromatic N) is 3. The van der Waals surface area contributed by atoms with Crippen molar-refractivity contribution >= 4 is 22.3 Å². The second-order valence-corrected chi connectivity index (χ2v) is 9.38. The smallest absolute Gasteiger partial charge is 0.200 e. The molecule has 7 rings (SSSR count). The van der Waals surface area contributed by atoms with Crippen LogP contribution in [0.2, 0.25) is 0 Å². The van der Waals surface area contributed by atoms with Crippen molar-refractivity contribution in [3.05, 3.63) is 101 Å². The fraction of sp³-hybridized carbons (Fsp3) is 0.179. The van der Waals surface area contributed by atoms with Gasteiger partial charge in [-0.05, 0) is 39.1 Å². The number of hydrogen-bond donors (Lipinski definition) is 0. The predicted molar refractivity (Wildman–Crippen MR) is 128 cm³/mol. The minimum absolute atomic E-state index is 0.0667. The molecule has 0 unspecified atom stereocenters. The van der Waals surface area contributed by atoms with E-state index in [4.69, 9.17) is 4.74 Å². The first-order chi connectivity index (χ1) is 17.9. The van der Waals surface area contributed by atoms with Gasteiger partial charge in [0.1, 0.15) is 19.0 Å². The lowest BCUT2D eigenvalue weighted by Gasteiger charge is -2.37. The fourth-order valence-corrected chi connectivity index (χ4v) is 5.68. The van der Waals surface area contributed by atoms with Gasteiger partial charge in [0, 0.05) is 6.42 Å². The summed E-state index contributed by atoms with van der Waals surface area (Å²) in [6, 6.07) is 20.1. The molecule has 186 valence electrons. The predicted octanol–water partition coefficient (Wildman–Crippen LogP) is 6.29. The van der Waals surface area contributed by atoms with E-state index in [1.54, 1.807) is 0 Å². The van der Waals surface area contributed by atoms with Crippen molar-refractivity contribution in [2.45, 2.75) is 18.6 Å². The molecule has 2 heterocycles. The van der Waals surface area contributed by atoms with Gasteiger partial charge in [-0.3, -0.25) is 0 Å². The van der Waals surface area contributed by atoms with Crippen LogP contribution in [0.3, 0.4) is 0 Å². The Labute approximate surface area is 208 Å². The Bertz CT molecular complexity index is 1600. The van der Waals surface area contributed by atoms with Crippen LogP contribution in [0.5, 0.6) is 0 Å². The van der Waals surface area contributed by atoms with E-state index in [1.165, 1.54) is 0 Å². The van der Waals surface area contributed by atoms with Gasteiger partial charge in [0.15, 0.2) is 29.1 Å². The van der Waals surface area contributed by atoms with Gasteiger partial charge in [-0.2, -0.15) is 5.10 Å². The molecule has 0 radical (unpaired) electrons. The monoisotopic (exact) mass is 507 g/mol. The van der Waals surface area contributed by atoms with Crippen LogP contribution in [-0.4, -0.2) is 30.1 Å². The summed E-state index contributed by atoms with van der Waals surface area (Å²) in [5.74, 6) is -9.66. The van der Waals surface area contributed by atoms with Gasteiger partial charge in [0.25, 0.3) is 0 Å². The van der Waals surface area contributed by atoms with E-state index < -0.39 is 34.8 Å². The van der Waals surface area contributed by atoms with Gasteiger partial charge in [-0.25, -0.2) is 27.0 Å². The number of hydrogen-bond acceptors (Lipinski definition) is 4. The van der Waals surface area contributed by atoms with E-state index in [2.05, 4.69) is 47.6 Å². The summed E-state index contributed by atoms with van der Waals surface area (Å²) >= 11 is 0. The van der Waals surface area contributed by atoms with E-state index in [0.29, 0.717) is 12.3 Å². The van der Waals surface area contributed by atoms with Crippen LogP contribution in [0.4, 0.5) is 27.6 Å². The molecule has 2 aliphatic heterocycles. The molecule has 4 nitrogen and oxygen atoms in total. The third-order valence-electron chi connectivity index (χ3n) is 7.40. The maximum Gasteiger partial charge on any atom is 0.200 e. The molecule has 3 aliphatic rings. The minimum Gasteiger partial charge on any atom is -0.367 e. The van der Waals surface area contributed by atoms with E-state index in [0.717, 1.165) is 38.0 Å². The number of benzene rings is 4. The third kappa shape index (κ3) is 3.20. The van der Waals surface area contributed by atoms with Gasteiger partial charge >= 0.3 is 0 Å². The summed E-state index contributed by atoms with van der Waals surface area (Å²) in [7, 11) is 0. The van der Waals surface area contributed by atoms with Crippen LogP contribution in [-0.2, 0) is 11.2 Å². The SMILES string of the molecule is Fc1c(F)c(F)c(N2CN3C(=N2)CO[C@H]2Cc4ccc(-c5cccc6ccccc56)cc4[C@H]23)c(F)c1F. The minimum atomic E-state index is -2.20. The lowest BCUT2D eigenvalue weighted by atomic mass is 9.94. The Morgan fingerprint density at radius 2 is 1.54 bits per heavy atom. The Morgan fingerprint density at radius 1 is 0.811 bits per heavy atom. The highest BCUT2D eigenvalue weighted by Gasteiger charge is 2.46. The van der Waals surface area contributed by atoms with Crippen molar-refractivity contribution in [3.63, 3.8) is 0 Å². The van der Waals surface area contributed by atoms with Gasteiger partial charge in [-0.15, -0.1) is 0 Å². The number of morpholine rings is 1. The van der Waals surface area contributed by atoms with Crippen LogP contribution >= 0.6 is 0 Å². The first kappa shape index (κ1) is 22.2. The van der Waals surface area contributed by atoms with Crippen LogP contribution in [0.15, 0.2) is 65.8 Å². The quantitative estimate of drug-likeness (QED) is 0.181. The number of hydrazone groups is 1. The summed E-state index contributed by atoms with van der Waals surface area (Å²) in [6.45, 7) is -0.104. The molecular formula is C28H18F5N3O. The first-order valence-corrected chi connectivity index (χ1v) is 11.8. The summed E-state index contributed by atoms with van der Waals surface area (Å²) in [5, 5.41) is 7.24. The topological polar surface area (TPSA) is 28.1 Å². The number of ether oxygens (including phenoxy) is 1. The molecule has 0 aromatic heterocycles. The third-order valence-corrected chi connectivity index (χ3v) is 7.40. The van der Waals surface area contributed by atoms with E-state index in [1.807, 2.05) is 23.1 Å². The molecule has 2 atom stereocenters. The van der Waals surface area contributed by atoms with Crippen molar-refractivity contribution < 1.29 is 26.7 Å². The van der Waals surface area contributed by atoms with Crippen LogP contribution < -0.4 is 5.01 Å². The Morgan fingerprint density at radius 3 is 2.35 bits per heavy atom. The highest BCUT2D eigenvalue weighted by Crippen LogP contribution is 2.45. The molecule has 1 aliphatic carbocycles. The molecule has 9 heteroatoms. The number of amidine groups is 1. The highest BCUT2D eigenvalue weighted by molar-refractivity contribution is 5.97. The molecular weight excluding hydrogens is 489 g/mol. The van der Waals surface area contributed by atoms with Gasteiger partial charge in [0.2, 0.25) is 5.82 Å². The van der Waals surface area contributed by atoms with Crippen molar-refractivity contribution in [1.29, 1.82) is 0 Å². The summed E-state index contributed by atoms with van der Waals surface area (Å²) < 4.78 is 76.4. The average Bonchev–Trinajstić information content (AvgIpc) is 3.51. The second-order valence-electron chi connectivity index (χ2n) is 9.38. The largest absolute Gasteiger partial charge is 0.367 e. The van der Waals surface area contributed by atoms with Gasteiger partial charge in [0.05, 0.1) is 12.1 Å². The van der Waals surface area contributed by atoms with Crippen molar-refractivity contribution in [3.8, 4) is 11.1 Å². The zero-order valence-electron chi connectivity index (χ0n) is 19.2. The van der Waals surface area contributed by atoms with Crippen molar-refractivity contribution in [1.82, 2.24) is 4.90 Å². The maximum atomic E-state index is 14.5. The van der Waals surface area contributed by atoms with E-state index in [9.17, 15) is 22.0 Å². The summed E-state index contributed by atoms with van der Waals surface area (Å²) in [5.41, 5.74) is 3.07. The van der Waals surface area contributed by atoms with Crippen molar-refractivity contribution in [2.75, 3.05) is 18.3 Å². The zero-order chi connectivity index (χ0) is 25.4. The number of fused-ring (bicyclic) bond motifs is 6. The standard InChI is InChI=1S/C28H18F5N3O/c29-22-23(30)25(32)28(26(33)24(22)31)36-13-35-21(34-36)12-37-20-11-16-9-8-15(10-19(16)27(20)35)18-7-3-5-14-4-1-2-6-17(14)18/h1-10,20,27H,11-13H2/t20-,27+/m0/s1. The van der Waals surface area contributed by atoms with Crippen LogP contribution in [0.1, 0.15) is 17.2 Å². The van der Waals surface area contributed by atoms with Crippen LogP contribution in [0, 0.1) is 29.1 Å². The first-order valence-electron chi connectivity index (χ1n) is 11.8. The van der Waals surface area contributed by atoms with Crippen LogP contribution in [0.25, 0.3) is 21.9 Å². The number of rotatable bonds is 2. The number of anilines is 1. The summed E-state index contributed by atoms with van der Waals surface area (Å²) in [4.78, 5) is 1.82. The molecule has 4 aromatic rings. The van der Waals surface area contributed by atoms with E-state index >= 15 is 0 Å². The Kier molecular flexibility index (Phi) is 4.81. The average molecular weight is 507 g/mol. The lowest BCUT2D eigenvalue weighted by molar-refractivity contribution is 0.00536.